The zero-order chi connectivity index (χ0) is 15.5. The molecule has 4 rings (SSSR count). The summed E-state index contributed by atoms with van der Waals surface area (Å²) in [6, 6.07) is 15.4. The van der Waals surface area contributed by atoms with Crippen molar-refractivity contribution >= 4 is 0 Å². The number of hydrogen-bond donors (Lipinski definition) is 0. The summed E-state index contributed by atoms with van der Waals surface area (Å²) in [7, 11) is 0. The van der Waals surface area contributed by atoms with Gasteiger partial charge in [0.1, 0.15) is 35.4 Å². The van der Waals surface area contributed by atoms with Gasteiger partial charge in [0.05, 0.1) is 0 Å². The molecule has 2 aromatic carbocycles. The fraction of sp³-hybridized carbons (Fsp3) is 0. The van der Waals surface area contributed by atoms with Crippen molar-refractivity contribution in [3.8, 4) is 34.0 Å². The van der Waals surface area contributed by atoms with Crippen molar-refractivity contribution in [3.63, 3.8) is 0 Å². The highest BCUT2D eigenvalue weighted by Gasteiger charge is 2.04. The number of benzene rings is 2. The first-order valence-electron chi connectivity index (χ1n) is 7.03. The molecule has 0 aliphatic carbocycles. The van der Waals surface area contributed by atoms with Crippen molar-refractivity contribution in [1.82, 2.24) is 9.97 Å². The van der Waals surface area contributed by atoms with Gasteiger partial charge in [-0.15, -0.1) is 0 Å². The van der Waals surface area contributed by atoms with Crippen molar-refractivity contribution < 1.29 is 13.6 Å². The van der Waals surface area contributed by atoms with Crippen LogP contribution in [-0.4, -0.2) is 9.97 Å². The van der Waals surface area contributed by atoms with E-state index < -0.39 is 0 Å². The predicted molar refractivity (Wildman–Crippen MR) is 84.0 cm³/mol. The highest BCUT2D eigenvalue weighted by molar-refractivity contribution is 5.60. The van der Waals surface area contributed by atoms with Crippen LogP contribution in [-0.2, 0) is 0 Å². The molecule has 23 heavy (non-hydrogen) atoms. The minimum Gasteiger partial charge on any atom is -0.457 e. The van der Waals surface area contributed by atoms with E-state index >= 15 is 0 Å². The molecule has 0 saturated carbocycles. The molecule has 4 aromatic rings. The first-order valence-corrected chi connectivity index (χ1v) is 7.03. The van der Waals surface area contributed by atoms with E-state index in [1.54, 1.807) is 12.5 Å². The molecule has 0 fully saturated rings. The minimum absolute atomic E-state index is 0.756. The van der Waals surface area contributed by atoms with Crippen LogP contribution in [0.5, 0.6) is 11.5 Å². The number of nitrogens with zero attached hydrogens (tertiary/aromatic N) is 2. The molecular weight excluding hydrogens is 292 g/mol. The fourth-order valence-electron chi connectivity index (χ4n) is 2.23. The molecule has 0 spiro atoms. The summed E-state index contributed by atoms with van der Waals surface area (Å²) in [5.74, 6) is 1.51. The molecular formula is C18H12N2O3. The molecule has 2 aromatic heterocycles. The Morgan fingerprint density at radius 2 is 1.04 bits per heavy atom. The van der Waals surface area contributed by atoms with Crippen LogP contribution in [0.1, 0.15) is 0 Å². The number of ether oxygens (including phenoxy) is 1. The van der Waals surface area contributed by atoms with E-state index in [4.69, 9.17) is 13.6 Å². The smallest absolute Gasteiger partial charge is 0.181 e. The first-order chi connectivity index (χ1) is 11.4. The Kier molecular flexibility index (Phi) is 3.37. The topological polar surface area (TPSA) is 61.3 Å². The molecule has 0 atom stereocenters. The van der Waals surface area contributed by atoms with E-state index in [1.165, 1.54) is 12.8 Å². The Balaban J connectivity index is 1.49. The molecule has 0 saturated heterocycles. The summed E-state index contributed by atoms with van der Waals surface area (Å²) in [5.41, 5.74) is 3.56. The molecule has 5 heteroatoms. The molecule has 112 valence electrons. The largest absolute Gasteiger partial charge is 0.457 e. The van der Waals surface area contributed by atoms with Gasteiger partial charge in [-0.1, -0.05) is 0 Å². The lowest BCUT2D eigenvalue weighted by atomic mass is 10.1. The summed E-state index contributed by atoms with van der Waals surface area (Å²) in [6.45, 7) is 0. The van der Waals surface area contributed by atoms with Gasteiger partial charge in [0.15, 0.2) is 12.8 Å². The van der Waals surface area contributed by atoms with Gasteiger partial charge in [-0.2, -0.15) is 0 Å². The van der Waals surface area contributed by atoms with Gasteiger partial charge in [0.25, 0.3) is 0 Å². The first kappa shape index (κ1) is 13.3. The summed E-state index contributed by atoms with van der Waals surface area (Å²) in [4.78, 5) is 8.23. The maximum Gasteiger partial charge on any atom is 0.181 e. The third-order valence-corrected chi connectivity index (χ3v) is 3.40. The van der Waals surface area contributed by atoms with Crippen LogP contribution in [0, 0.1) is 0 Å². The Hall–Kier alpha value is -3.34. The second-order valence-corrected chi connectivity index (χ2v) is 4.90. The Morgan fingerprint density at radius 1 is 0.609 bits per heavy atom. The average Bonchev–Trinajstić information content (AvgIpc) is 3.30. The highest BCUT2D eigenvalue weighted by Crippen LogP contribution is 2.27. The second kappa shape index (κ2) is 5.81. The lowest BCUT2D eigenvalue weighted by molar-refractivity contribution is 0.483. The molecule has 0 amide bonds. The normalized spacial score (nSPS) is 10.6. The molecule has 2 heterocycles. The maximum atomic E-state index is 5.84. The van der Waals surface area contributed by atoms with E-state index in [0.29, 0.717) is 0 Å². The Bertz CT molecular complexity index is 789. The second-order valence-electron chi connectivity index (χ2n) is 4.90. The van der Waals surface area contributed by atoms with Crippen molar-refractivity contribution in [2.24, 2.45) is 0 Å². The SMILES string of the molecule is c1nc(-c2ccc(Oc3ccc(-c4cocn4)cc3)cc2)co1. The van der Waals surface area contributed by atoms with Crippen LogP contribution in [0.2, 0.25) is 0 Å². The summed E-state index contributed by atoms with van der Waals surface area (Å²) < 4.78 is 15.8. The zero-order valence-corrected chi connectivity index (χ0v) is 12.0. The van der Waals surface area contributed by atoms with Gasteiger partial charge in [0, 0.05) is 11.1 Å². The molecule has 0 unspecified atom stereocenters. The summed E-state index contributed by atoms with van der Waals surface area (Å²) >= 11 is 0. The summed E-state index contributed by atoms with van der Waals surface area (Å²) in [6.07, 6.45) is 6.04. The van der Waals surface area contributed by atoms with Crippen molar-refractivity contribution in [3.05, 3.63) is 73.8 Å². The van der Waals surface area contributed by atoms with E-state index in [1.807, 2.05) is 48.5 Å². The maximum absolute atomic E-state index is 5.84. The molecule has 0 aliphatic heterocycles. The number of oxazole rings is 2. The van der Waals surface area contributed by atoms with Crippen LogP contribution in [0.4, 0.5) is 0 Å². The van der Waals surface area contributed by atoms with Gasteiger partial charge in [0.2, 0.25) is 0 Å². The predicted octanol–water partition coefficient (Wildman–Crippen LogP) is 4.79. The Morgan fingerprint density at radius 3 is 1.39 bits per heavy atom. The number of rotatable bonds is 4. The van der Waals surface area contributed by atoms with Crippen LogP contribution >= 0.6 is 0 Å². The average molecular weight is 304 g/mol. The Labute approximate surface area is 132 Å². The molecule has 0 aliphatic rings. The van der Waals surface area contributed by atoms with Gasteiger partial charge in [-0.3, -0.25) is 0 Å². The van der Waals surface area contributed by atoms with Crippen LogP contribution in [0.25, 0.3) is 22.5 Å². The third kappa shape index (κ3) is 2.85. The number of hydrogen-bond acceptors (Lipinski definition) is 5. The monoisotopic (exact) mass is 304 g/mol. The zero-order valence-electron chi connectivity index (χ0n) is 12.0. The van der Waals surface area contributed by atoms with Crippen molar-refractivity contribution in [1.29, 1.82) is 0 Å². The molecule has 0 radical (unpaired) electrons. The lowest BCUT2D eigenvalue weighted by Gasteiger charge is -2.06. The highest BCUT2D eigenvalue weighted by atomic mass is 16.5. The molecule has 0 N–H and O–H groups in total. The quantitative estimate of drug-likeness (QED) is 0.542. The van der Waals surface area contributed by atoms with Crippen molar-refractivity contribution in [2.75, 3.05) is 0 Å². The molecule has 5 nitrogen and oxygen atoms in total. The van der Waals surface area contributed by atoms with E-state index in [-0.39, 0.29) is 0 Å². The van der Waals surface area contributed by atoms with Gasteiger partial charge in [-0.25, -0.2) is 9.97 Å². The lowest BCUT2D eigenvalue weighted by Crippen LogP contribution is -1.85. The van der Waals surface area contributed by atoms with Gasteiger partial charge in [-0.05, 0) is 48.5 Å². The van der Waals surface area contributed by atoms with E-state index in [0.717, 1.165) is 34.0 Å². The van der Waals surface area contributed by atoms with Crippen LogP contribution < -0.4 is 4.74 Å². The van der Waals surface area contributed by atoms with Gasteiger partial charge < -0.3 is 13.6 Å². The van der Waals surface area contributed by atoms with Crippen molar-refractivity contribution in [2.45, 2.75) is 0 Å². The summed E-state index contributed by atoms with van der Waals surface area (Å²) in [5, 5.41) is 0. The number of aromatic nitrogens is 2. The standard InChI is InChI=1S/C18H12N2O3/c1-5-15(6-2-13(1)17-9-21-11-19-17)23-16-7-3-14(4-8-16)18-10-22-12-20-18/h1-12H. The fourth-order valence-corrected chi connectivity index (χ4v) is 2.23. The third-order valence-electron chi connectivity index (χ3n) is 3.40. The van der Waals surface area contributed by atoms with Crippen LogP contribution in [0.3, 0.4) is 0 Å². The molecule has 0 bridgehead atoms. The minimum atomic E-state index is 0.756. The van der Waals surface area contributed by atoms with E-state index in [9.17, 15) is 0 Å². The van der Waals surface area contributed by atoms with E-state index in [2.05, 4.69) is 9.97 Å². The van der Waals surface area contributed by atoms with Gasteiger partial charge >= 0.3 is 0 Å². The van der Waals surface area contributed by atoms with Crippen LogP contribution in [0.15, 0.2) is 82.7 Å².